The molecule has 2 amide bonds. The van der Waals surface area contributed by atoms with E-state index in [2.05, 4.69) is 20.4 Å². The van der Waals surface area contributed by atoms with E-state index in [1.165, 1.54) is 17.1 Å². The molecule has 0 saturated heterocycles. The van der Waals surface area contributed by atoms with Crippen LogP contribution in [0.25, 0.3) is 10.9 Å². The van der Waals surface area contributed by atoms with E-state index >= 15 is 0 Å². The van der Waals surface area contributed by atoms with Crippen LogP contribution in [0.5, 0.6) is 11.6 Å². The summed E-state index contributed by atoms with van der Waals surface area (Å²) in [4.78, 5) is 36.1. The van der Waals surface area contributed by atoms with Gasteiger partial charge in [-0.15, -0.1) is 0 Å². The summed E-state index contributed by atoms with van der Waals surface area (Å²) in [5.41, 5.74) is 1.18. The molecule has 0 bridgehead atoms. The van der Waals surface area contributed by atoms with Gasteiger partial charge >= 0.3 is 12.2 Å². The number of amides is 2. The van der Waals surface area contributed by atoms with Crippen LogP contribution in [0.4, 0.5) is 23.8 Å². The largest absolute Gasteiger partial charge is 0.439 e. The summed E-state index contributed by atoms with van der Waals surface area (Å²) < 4.78 is 47.2. The van der Waals surface area contributed by atoms with Crippen molar-refractivity contribution < 1.29 is 27.5 Å². The highest BCUT2D eigenvalue weighted by Gasteiger charge is 2.38. The minimum atomic E-state index is -4.59. The van der Waals surface area contributed by atoms with Gasteiger partial charge in [-0.2, -0.15) is 18.3 Å². The lowest BCUT2D eigenvalue weighted by molar-refractivity contribution is -0.143. The molecule has 0 spiro atoms. The summed E-state index contributed by atoms with van der Waals surface area (Å²) >= 11 is 0. The van der Waals surface area contributed by atoms with Gasteiger partial charge in [0.15, 0.2) is 5.82 Å². The van der Waals surface area contributed by atoms with Crippen LogP contribution in [0.15, 0.2) is 42.9 Å². The third-order valence-electron chi connectivity index (χ3n) is 7.06. The summed E-state index contributed by atoms with van der Waals surface area (Å²) in [5, 5.41) is 6.81. The number of alkyl halides is 3. The fourth-order valence-corrected chi connectivity index (χ4v) is 4.88. The standard InChI is InChI=1S/C26H24F3N7O3/c1-14-9-18-19(12-36(14)24(37)15-3-4-15)30-13-31-23(18)39-17-5-6-20-16(10-17)7-8-35(20)25(38)32-22-11-21(26(27,28)29)34(2)33-22/h5-8,10-11,13-15H,3-4,9,12H2,1-2H3,(H,32,33,38). The first-order chi connectivity index (χ1) is 18.6. The predicted octanol–water partition coefficient (Wildman–Crippen LogP) is 4.74. The zero-order chi connectivity index (χ0) is 27.5. The molecule has 1 unspecified atom stereocenters. The van der Waals surface area contributed by atoms with Crippen LogP contribution >= 0.6 is 0 Å². The molecule has 4 heterocycles. The summed E-state index contributed by atoms with van der Waals surface area (Å²) in [6.45, 7) is 2.43. The maximum Gasteiger partial charge on any atom is 0.433 e. The first-order valence-electron chi connectivity index (χ1n) is 12.4. The highest BCUT2D eigenvalue weighted by Crippen LogP contribution is 2.36. The second kappa shape index (κ2) is 9.10. The molecule has 39 heavy (non-hydrogen) atoms. The highest BCUT2D eigenvalue weighted by molar-refractivity contribution is 5.98. The molecule has 0 radical (unpaired) electrons. The van der Waals surface area contributed by atoms with Gasteiger partial charge in [0.05, 0.1) is 17.8 Å². The number of hydrogen-bond acceptors (Lipinski definition) is 6. The van der Waals surface area contributed by atoms with E-state index in [0.29, 0.717) is 40.2 Å². The van der Waals surface area contributed by atoms with E-state index in [0.717, 1.165) is 37.2 Å². The Morgan fingerprint density at radius 3 is 2.64 bits per heavy atom. The van der Waals surface area contributed by atoms with Crippen LogP contribution in [0, 0.1) is 5.92 Å². The quantitative estimate of drug-likeness (QED) is 0.402. The average molecular weight is 540 g/mol. The van der Waals surface area contributed by atoms with E-state index in [9.17, 15) is 22.8 Å². The van der Waals surface area contributed by atoms with Crippen LogP contribution < -0.4 is 10.1 Å². The van der Waals surface area contributed by atoms with E-state index in [1.807, 2.05) is 11.8 Å². The van der Waals surface area contributed by atoms with E-state index in [-0.39, 0.29) is 23.7 Å². The number of aromatic nitrogens is 5. The number of carbonyl (C=O) groups excluding carboxylic acids is 2. The van der Waals surface area contributed by atoms with Crippen molar-refractivity contribution in [2.24, 2.45) is 13.0 Å². The Hall–Kier alpha value is -4.42. The average Bonchev–Trinajstić information content (AvgIpc) is 3.54. The number of fused-ring (bicyclic) bond motifs is 2. The van der Waals surface area contributed by atoms with Crippen molar-refractivity contribution in [2.75, 3.05) is 5.32 Å². The Kier molecular flexibility index (Phi) is 5.81. The maximum atomic E-state index is 13.1. The first-order valence-corrected chi connectivity index (χ1v) is 12.4. The predicted molar refractivity (Wildman–Crippen MR) is 133 cm³/mol. The lowest BCUT2D eigenvalue weighted by atomic mass is 9.99. The van der Waals surface area contributed by atoms with Crippen molar-refractivity contribution in [3.05, 3.63) is 59.8 Å². The Labute approximate surface area is 220 Å². The molecular formula is C26H24F3N7O3. The molecule has 10 nitrogen and oxygen atoms in total. The van der Waals surface area contributed by atoms with Gasteiger partial charge in [0.2, 0.25) is 11.8 Å². The number of aryl methyl sites for hydroxylation is 1. The van der Waals surface area contributed by atoms with Crippen molar-refractivity contribution in [3.8, 4) is 11.6 Å². The van der Waals surface area contributed by atoms with Gasteiger partial charge in [-0.25, -0.2) is 14.8 Å². The van der Waals surface area contributed by atoms with Crippen LogP contribution in [-0.4, -0.2) is 47.2 Å². The van der Waals surface area contributed by atoms with Crippen molar-refractivity contribution >= 4 is 28.7 Å². The van der Waals surface area contributed by atoms with Gasteiger partial charge in [0.1, 0.15) is 17.8 Å². The molecule has 4 aromatic rings. The molecule has 1 aromatic carbocycles. The Morgan fingerprint density at radius 2 is 1.92 bits per heavy atom. The third kappa shape index (κ3) is 4.68. The molecule has 202 valence electrons. The highest BCUT2D eigenvalue weighted by atomic mass is 19.4. The normalized spacial score (nSPS) is 17.3. The van der Waals surface area contributed by atoms with Gasteiger partial charge in [-0.3, -0.25) is 19.4 Å². The second-order valence-corrected chi connectivity index (χ2v) is 9.87. The van der Waals surface area contributed by atoms with Gasteiger partial charge in [0, 0.05) is 42.2 Å². The Balaban J connectivity index is 1.20. The number of anilines is 1. The van der Waals surface area contributed by atoms with Crippen LogP contribution in [0.3, 0.4) is 0 Å². The number of nitrogens with one attached hydrogen (secondary N) is 1. The molecule has 13 heteroatoms. The van der Waals surface area contributed by atoms with Crippen molar-refractivity contribution in [1.82, 2.24) is 29.2 Å². The molecule has 1 aliphatic carbocycles. The summed E-state index contributed by atoms with van der Waals surface area (Å²) in [7, 11) is 1.16. The van der Waals surface area contributed by atoms with Crippen molar-refractivity contribution in [3.63, 3.8) is 0 Å². The van der Waals surface area contributed by atoms with Crippen molar-refractivity contribution in [1.29, 1.82) is 0 Å². The molecule has 3 aromatic heterocycles. The third-order valence-corrected chi connectivity index (χ3v) is 7.06. The number of carbonyl (C=O) groups is 2. The van der Waals surface area contributed by atoms with E-state index in [4.69, 9.17) is 4.74 Å². The number of hydrogen-bond donors (Lipinski definition) is 1. The first kappa shape index (κ1) is 24.9. The van der Waals surface area contributed by atoms with Gasteiger partial charge in [0.25, 0.3) is 0 Å². The molecule has 1 fully saturated rings. The molecule has 1 aliphatic heterocycles. The summed E-state index contributed by atoms with van der Waals surface area (Å²) in [6, 6.07) is 6.91. The minimum Gasteiger partial charge on any atom is -0.439 e. The molecule has 6 rings (SSSR count). The van der Waals surface area contributed by atoms with Crippen LogP contribution in [-0.2, 0) is 31.0 Å². The number of nitrogens with zero attached hydrogens (tertiary/aromatic N) is 6. The molecule has 1 atom stereocenters. The second-order valence-electron chi connectivity index (χ2n) is 9.87. The number of ether oxygens (including phenoxy) is 1. The van der Waals surface area contributed by atoms with Crippen molar-refractivity contribution in [2.45, 2.75) is 44.9 Å². The molecule has 1 N–H and O–H groups in total. The zero-order valence-electron chi connectivity index (χ0n) is 21.1. The fourth-order valence-electron chi connectivity index (χ4n) is 4.88. The van der Waals surface area contributed by atoms with Crippen LogP contribution in [0.1, 0.15) is 36.7 Å². The Morgan fingerprint density at radius 1 is 1.13 bits per heavy atom. The van der Waals surface area contributed by atoms with Crippen LogP contribution in [0.2, 0.25) is 0 Å². The monoisotopic (exact) mass is 539 g/mol. The molecular weight excluding hydrogens is 515 g/mol. The van der Waals surface area contributed by atoms with E-state index < -0.39 is 17.9 Å². The minimum absolute atomic E-state index is 0.000268. The number of halogens is 3. The lowest BCUT2D eigenvalue weighted by Gasteiger charge is -2.34. The lowest BCUT2D eigenvalue weighted by Crippen LogP contribution is -2.43. The fraction of sp³-hybridized carbons (Fsp3) is 0.346. The van der Waals surface area contributed by atoms with E-state index in [1.54, 1.807) is 24.3 Å². The van der Waals surface area contributed by atoms with Gasteiger partial charge in [-0.05, 0) is 50.5 Å². The number of benzene rings is 1. The smallest absolute Gasteiger partial charge is 0.433 e. The van der Waals surface area contributed by atoms with Gasteiger partial charge in [-0.1, -0.05) is 0 Å². The van der Waals surface area contributed by atoms with Gasteiger partial charge < -0.3 is 9.64 Å². The SMILES string of the molecule is CC1Cc2c(ncnc2Oc2ccc3c(ccn3C(=O)Nc3cc(C(F)(F)F)n(C)n3)c2)CN1C(=O)C1CC1. The summed E-state index contributed by atoms with van der Waals surface area (Å²) in [5.74, 6) is 1.01. The molecule has 1 saturated carbocycles. The topological polar surface area (TPSA) is 107 Å². The zero-order valence-corrected chi connectivity index (χ0v) is 21.1. The number of rotatable bonds is 4. The molecule has 2 aliphatic rings. The maximum absolute atomic E-state index is 13.1. The Bertz CT molecular complexity index is 1610. The summed E-state index contributed by atoms with van der Waals surface area (Å²) in [6.07, 6.45) is 0.812.